The number of ether oxygens (including phenoxy) is 2. The lowest BCUT2D eigenvalue weighted by molar-refractivity contribution is 0.0875. The van der Waals surface area contributed by atoms with Crippen molar-refractivity contribution in [1.29, 1.82) is 0 Å². The second kappa shape index (κ2) is 9.38. The van der Waals surface area contributed by atoms with Gasteiger partial charge >= 0.3 is 6.01 Å². The summed E-state index contributed by atoms with van der Waals surface area (Å²) < 4.78 is 12.9. The molecule has 1 aliphatic rings. The summed E-state index contributed by atoms with van der Waals surface area (Å²) in [6.07, 6.45) is 3.47. The predicted octanol–water partition coefficient (Wildman–Crippen LogP) is 3.62. The third kappa shape index (κ3) is 5.07. The Hall–Kier alpha value is -3.42. The molecule has 0 bridgehead atoms. The van der Waals surface area contributed by atoms with Crippen molar-refractivity contribution in [3.8, 4) is 23.0 Å². The Kier molecular flexibility index (Phi) is 6.39. The Bertz CT molecular complexity index is 1080. The highest BCUT2D eigenvalue weighted by atomic mass is 16.5. The summed E-state index contributed by atoms with van der Waals surface area (Å²) >= 11 is 0. The van der Waals surface area contributed by atoms with Crippen LogP contribution in [0.25, 0.3) is 11.3 Å². The minimum Gasteiger partial charge on any atom is -0.497 e. The van der Waals surface area contributed by atoms with E-state index in [0.29, 0.717) is 11.7 Å². The Morgan fingerprint density at radius 1 is 1.06 bits per heavy atom. The third-order valence-corrected chi connectivity index (χ3v) is 5.72. The molecule has 0 radical (unpaired) electrons. The van der Waals surface area contributed by atoms with E-state index in [-0.39, 0.29) is 18.1 Å². The van der Waals surface area contributed by atoms with E-state index in [2.05, 4.69) is 20.4 Å². The van der Waals surface area contributed by atoms with E-state index in [1.165, 1.54) is 0 Å². The molecule has 8 nitrogen and oxygen atoms in total. The van der Waals surface area contributed by atoms with Crippen LogP contribution in [0, 0.1) is 13.8 Å². The van der Waals surface area contributed by atoms with E-state index < -0.39 is 0 Å². The van der Waals surface area contributed by atoms with Crippen LogP contribution >= 0.6 is 0 Å². The summed E-state index contributed by atoms with van der Waals surface area (Å²) in [6.45, 7) is 3.87. The number of hydrogen-bond acceptors (Lipinski definition) is 6. The van der Waals surface area contributed by atoms with E-state index in [4.69, 9.17) is 9.47 Å². The molecule has 4 rings (SSSR count). The summed E-state index contributed by atoms with van der Waals surface area (Å²) in [5, 5.41) is 7.66. The van der Waals surface area contributed by atoms with Gasteiger partial charge in [0.2, 0.25) is 0 Å². The van der Waals surface area contributed by atoms with Crippen molar-refractivity contribution in [2.75, 3.05) is 7.11 Å². The monoisotopic (exact) mass is 435 g/mol. The van der Waals surface area contributed by atoms with Gasteiger partial charge in [0.15, 0.2) is 0 Å². The highest BCUT2D eigenvalue weighted by Gasteiger charge is 2.26. The SMILES string of the molecule is COc1cccc(-c2cc(C(=O)NC3CCC(Oc4nc(C)cc(C)n4)CC3)n(C)n2)c1. The Balaban J connectivity index is 1.34. The van der Waals surface area contributed by atoms with Gasteiger partial charge in [-0.15, -0.1) is 0 Å². The van der Waals surface area contributed by atoms with Gasteiger partial charge in [0.05, 0.1) is 12.8 Å². The van der Waals surface area contributed by atoms with Crippen molar-refractivity contribution < 1.29 is 14.3 Å². The average Bonchev–Trinajstić information content (AvgIpc) is 3.16. The lowest BCUT2D eigenvalue weighted by Gasteiger charge is -2.28. The first-order valence-corrected chi connectivity index (χ1v) is 10.9. The molecule has 1 fully saturated rings. The van der Waals surface area contributed by atoms with E-state index in [9.17, 15) is 4.79 Å². The fourth-order valence-corrected chi connectivity index (χ4v) is 4.08. The Labute approximate surface area is 188 Å². The van der Waals surface area contributed by atoms with Gasteiger partial charge in [0, 0.05) is 30.0 Å². The molecular formula is C24H29N5O3. The average molecular weight is 436 g/mol. The van der Waals surface area contributed by atoms with Crippen molar-refractivity contribution in [3.63, 3.8) is 0 Å². The number of hydrogen-bond donors (Lipinski definition) is 1. The first kappa shape index (κ1) is 21.8. The molecular weight excluding hydrogens is 406 g/mol. The summed E-state index contributed by atoms with van der Waals surface area (Å²) in [7, 11) is 3.41. The van der Waals surface area contributed by atoms with Crippen LogP contribution in [0.1, 0.15) is 47.6 Å². The van der Waals surface area contributed by atoms with Gasteiger partial charge in [-0.25, -0.2) is 9.97 Å². The maximum atomic E-state index is 12.9. The molecule has 2 heterocycles. The van der Waals surface area contributed by atoms with Gasteiger partial charge in [-0.3, -0.25) is 9.48 Å². The van der Waals surface area contributed by atoms with Crippen LogP contribution in [-0.4, -0.2) is 44.9 Å². The normalized spacial score (nSPS) is 18.2. The smallest absolute Gasteiger partial charge is 0.317 e. The predicted molar refractivity (Wildman–Crippen MR) is 121 cm³/mol. The second-order valence-electron chi connectivity index (χ2n) is 8.27. The quantitative estimate of drug-likeness (QED) is 0.636. The summed E-state index contributed by atoms with van der Waals surface area (Å²) in [4.78, 5) is 21.6. The molecule has 0 saturated heterocycles. The Morgan fingerprint density at radius 2 is 1.78 bits per heavy atom. The van der Waals surface area contributed by atoms with Crippen molar-refractivity contribution in [1.82, 2.24) is 25.1 Å². The van der Waals surface area contributed by atoms with E-state index in [0.717, 1.165) is 54.1 Å². The van der Waals surface area contributed by atoms with Gasteiger partial charge in [-0.1, -0.05) is 12.1 Å². The minimum absolute atomic E-state index is 0.0701. The molecule has 0 unspecified atom stereocenters. The fourth-order valence-electron chi connectivity index (χ4n) is 4.08. The van der Waals surface area contributed by atoms with E-state index >= 15 is 0 Å². The molecule has 0 spiro atoms. The van der Waals surface area contributed by atoms with Crippen molar-refractivity contribution >= 4 is 5.91 Å². The highest BCUT2D eigenvalue weighted by Crippen LogP contribution is 2.25. The number of methoxy groups -OCH3 is 1. The molecule has 1 saturated carbocycles. The van der Waals surface area contributed by atoms with Gasteiger partial charge in [-0.2, -0.15) is 5.10 Å². The van der Waals surface area contributed by atoms with E-state index in [1.807, 2.05) is 50.2 Å². The van der Waals surface area contributed by atoms with Crippen LogP contribution in [-0.2, 0) is 7.05 Å². The topological polar surface area (TPSA) is 91.2 Å². The molecule has 1 N–H and O–H groups in total. The van der Waals surface area contributed by atoms with Gasteiger partial charge in [-0.05, 0) is 63.8 Å². The first-order valence-electron chi connectivity index (χ1n) is 10.9. The lowest BCUT2D eigenvalue weighted by Crippen LogP contribution is -2.40. The Morgan fingerprint density at radius 3 is 2.47 bits per heavy atom. The van der Waals surface area contributed by atoms with Crippen LogP contribution < -0.4 is 14.8 Å². The van der Waals surface area contributed by atoms with Crippen molar-refractivity contribution in [2.24, 2.45) is 7.05 Å². The summed E-state index contributed by atoms with van der Waals surface area (Å²) in [6, 6.07) is 11.9. The fraction of sp³-hybridized carbons (Fsp3) is 0.417. The zero-order valence-corrected chi connectivity index (χ0v) is 19.0. The van der Waals surface area contributed by atoms with Crippen LogP contribution in [0.3, 0.4) is 0 Å². The lowest BCUT2D eigenvalue weighted by atomic mass is 9.93. The maximum Gasteiger partial charge on any atom is 0.317 e. The number of amides is 1. The zero-order chi connectivity index (χ0) is 22.7. The number of benzene rings is 1. The molecule has 2 aromatic heterocycles. The second-order valence-corrected chi connectivity index (χ2v) is 8.27. The van der Waals surface area contributed by atoms with Gasteiger partial charge < -0.3 is 14.8 Å². The van der Waals surface area contributed by atoms with Crippen LogP contribution in [0.5, 0.6) is 11.8 Å². The molecule has 0 aliphatic heterocycles. The largest absolute Gasteiger partial charge is 0.497 e. The third-order valence-electron chi connectivity index (χ3n) is 5.72. The number of carbonyl (C=O) groups is 1. The van der Waals surface area contributed by atoms with Crippen LogP contribution in [0.4, 0.5) is 0 Å². The van der Waals surface area contributed by atoms with Crippen molar-refractivity contribution in [2.45, 2.75) is 51.7 Å². The molecule has 8 heteroatoms. The molecule has 1 aromatic carbocycles. The molecule has 168 valence electrons. The summed E-state index contributed by atoms with van der Waals surface area (Å²) in [5.41, 5.74) is 3.98. The highest BCUT2D eigenvalue weighted by molar-refractivity contribution is 5.93. The molecule has 32 heavy (non-hydrogen) atoms. The molecule has 3 aromatic rings. The van der Waals surface area contributed by atoms with E-state index in [1.54, 1.807) is 18.8 Å². The minimum atomic E-state index is -0.115. The van der Waals surface area contributed by atoms with Crippen LogP contribution in [0.2, 0.25) is 0 Å². The number of rotatable bonds is 6. The number of carbonyl (C=O) groups excluding carboxylic acids is 1. The molecule has 1 amide bonds. The summed E-state index contributed by atoms with van der Waals surface area (Å²) in [5.74, 6) is 0.639. The van der Waals surface area contributed by atoms with Crippen molar-refractivity contribution in [3.05, 3.63) is 53.5 Å². The van der Waals surface area contributed by atoms with Crippen LogP contribution in [0.15, 0.2) is 36.4 Å². The standard InChI is InChI=1S/C24H29N5O3/c1-15-12-16(2)26-24(25-15)32-19-10-8-18(9-11-19)27-23(30)22-14-21(28-29(22)3)17-6-5-7-20(13-17)31-4/h5-7,12-14,18-19H,8-11H2,1-4H3,(H,27,30). The number of nitrogens with one attached hydrogen (secondary N) is 1. The molecule has 1 aliphatic carbocycles. The number of aryl methyl sites for hydroxylation is 3. The number of nitrogens with zero attached hydrogens (tertiary/aromatic N) is 4. The van der Waals surface area contributed by atoms with Gasteiger partial charge in [0.1, 0.15) is 17.5 Å². The number of aromatic nitrogens is 4. The maximum absolute atomic E-state index is 12.9. The molecule has 0 atom stereocenters. The first-order chi connectivity index (χ1) is 15.4. The zero-order valence-electron chi connectivity index (χ0n) is 19.0. The van der Waals surface area contributed by atoms with Gasteiger partial charge in [0.25, 0.3) is 5.91 Å².